The number of alkyl halides is 3. The van der Waals surface area contributed by atoms with E-state index in [1.54, 1.807) is 35.1 Å². The summed E-state index contributed by atoms with van der Waals surface area (Å²) in [6.45, 7) is 1.96. The van der Waals surface area contributed by atoms with Crippen LogP contribution in [-0.4, -0.2) is 50.8 Å². The molecule has 0 unspecified atom stereocenters. The van der Waals surface area contributed by atoms with E-state index in [0.717, 1.165) is 49.6 Å². The van der Waals surface area contributed by atoms with E-state index >= 15 is 0 Å². The van der Waals surface area contributed by atoms with E-state index in [1.807, 2.05) is 0 Å². The lowest BCUT2D eigenvalue weighted by atomic mass is 9.81. The van der Waals surface area contributed by atoms with Gasteiger partial charge in [0, 0.05) is 30.2 Å². The number of carbonyl (C=O) groups excluding carboxylic acids is 1. The number of halogens is 3. The van der Waals surface area contributed by atoms with Crippen LogP contribution in [0.4, 0.5) is 13.2 Å². The number of fused-ring (bicyclic) bond motifs is 1. The average molecular weight is 582 g/mol. The van der Waals surface area contributed by atoms with Gasteiger partial charge in [-0.25, -0.2) is 13.4 Å². The van der Waals surface area contributed by atoms with Crippen molar-refractivity contribution in [3.05, 3.63) is 47.1 Å². The van der Waals surface area contributed by atoms with E-state index in [2.05, 4.69) is 5.32 Å². The molecule has 1 atom stereocenters. The lowest BCUT2D eigenvalue weighted by Gasteiger charge is -2.25. The van der Waals surface area contributed by atoms with E-state index in [-0.39, 0.29) is 16.8 Å². The molecule has 2 N–H and O–H groups in total. The molecule has 1 amide bonds. The molecule has 39 heavy (non-hydrogen) atoms. The number of ether oxygens (including phenoxy) is 1. The van der Waals surface area contributed by atoms with Gasteiger partial charge in [-0.15, -0.1) is 11.3 Å². The lowest BCUT2D eigenvalue weighted by Crippen LogP contribution is -2.43. The van der Waals surface area contributed by atoms with Crippen molar-refractivity contribution >= 4 is 38.0 Å². The first-order chi connectivity index (χ1) is 18.5. The van der Waals surface area contributed by atoms with Crippen LogP contribution in [0.3, 0.4) is 0 Å². The summed E-state index contributed by atoms with van der Waals surface area (Å²) in [6.07, 6.45) is 0.781. The quantitative estimate of drug-likeness (QED) is 0.369. The monoisotopic (exact) mass is 581 g/mol. The van der Waals surface area contributed by atoms with E-state index < -0.39 is 22.2 Å². The molecule has 2 fully saturated rings. The normalized spacial score (nSPS) is 18.2. The molecule has 0 radical (unpaired) electrons. The fraction of sp³-hybridized carbons (Fsp3) is 0.481. The van der Waals surface area contributed by atoms with Crippen molar-refractivity contribution < 1.29 is 31.1 Å². The van der Waals surface area contributed by atoms with E-state index in [9.17, 15) is 26.4 Å². The lowest BCUT2D eigenvalue weighted by molar-refractivity contribution is -0.147. The molecule has 1 aliphatic heterocycles. The Labute approximate surface area is 229 Å². The summed E-state index contributed by atoms with van der Waals surface area (Å²) in [6, 6.07) is 7.43. The van der Waals surface area contributed by atoms with E-state index in [4.69, 9.17) is 9.72 Å². The summed E-state index contributed by atoms with van der Waals surface area (Å²) in [5.41, 5.74) is 1.48. The van der Waals surface area contributed by atoms with E-state index in [0.29, 0.717) is 46.9 Å². The Morgan fingerprint density at radius 3 is 2.44 bits per heavy atom. The van der Waals surface area contributed by atoms with Gasteiger partial charge in [-0.2, -0.15) is 17.9 Å². The third-order valence-corrected chi connectivity index (χ3v) is 10.1. The maximum absolute atomic E-state index is 13.1. The summed E-state index contributed by atoms with van der Waals surface area (Å²) in [7, 11) is -4.47. The molecule has 210 valence electrons. The summed E-state index contributed by atoms with van der Waals surface area (Å²) >= 11 is 1.26. The Morgan fingerprint density at radius 2 is 1.79 bits per heavy atom. The first-order valence-electron chi connectivity index (χ1n) is 13.0. The van der Waals surface area contributed by atoms with Crippen LogP contribution >= 0.6 is 11.3 Å². The van der Waals surface area contributed by atoms with Gasteiger partial charge in [0.05, 0.1) is 15.5 Å². The van der Waals surface area contributed by atoms with Crippen molar-refractivity contribution in [1.82, 2.24) is 15.0 Å². The Balaban J connectivity index is 1.54. The molecular weight excluding hydrogens is 551 g/mol. The van der Waals surface area contributed by atoms with Crippen LogP contribution in [0.2, 0.25) is 0 Å². The second-order valence-electron chi connectivity index (χ2n) is 10.2. The Bertz CT molecular complexity index is 1460. The van der Waals surface area contributed by atoms with Gasteiger partial charge < -0.3 is 10.1 Å². The van der Waals surface area contributed by atoms with Crippen LogP contribution in [0.1, 0.15) is 54.5 Å². The van der Waals surface area contributed by atoms with Crippen LogP contribution in [0.5, 0.6) is 0 Å². The van der Waals surface area contributed by atoms with Gasteiger partial charge in [0.15, 0.2) is 5.01 Å². The molecule has 1 saturated carbocycles. The molecule has 0 spiro atoms. The molecule has 7 nitrogen and oxygen atoms in total. The molecule has 0 bridgehead atoms. The zero-order valence-corrected chi connectivity index (χ0v) is 23.0. The van der Waals surface area contributed by atoms with Crippen molar-refractivity contribution in [1.29, 1.82) is 0 Å². The summed E-state index contributed by atoms with van der Waals surface area (Å²) < 4.78 is 72.5. The van der Waals surface area contributed by atoms with Crippen LogP contribution in [0.25, 0.3) is 21.2 Å². The average Bonchev–Trinajstić information content (AvgIpc) is 3.29. The van der Waals surface area contributed by atoms with Gasteiger partial charge in [0.2, 0.25) is 10.0 Å². The molecule has 2 heterocycles. The molecule has 1 saturated heterocycles. The predicted octanol–water partition coefficient (Wildman–Crippen LogP) is 5.44. The number of carbonyl (C=O) groups is 1. The first-order valence-corrected chi connectivity index (χ1v) is 15.3. The second kappa shape index (κ2) is 11.1. The largest absolute Gasteiger partial charge is 0.404 e. The molecule has 3 aromatic rings. The van der Waals surface area contributed by atoms with Gasteiger partial charge in [-0.3, -0.25) is 4.79 Å². The molecule has 12 heteroatoms. The Morgan fingerprint density at radius 1 is 1.10 bits per heavy atom. The van der Waals surface area contributed by atoms with Crippen LogP contribution in [0, 0.1) is 5.92 Å². The van der Waals surface area contributed by atoms with Gasteiger partial charge in [0.25, 0.3) is 5.91 Å². The third kappa shape index (κ3) is 6.13. The maximum Gasteiger partial charge on any atom is 0.404 e. The number of benzene rings is 2. The first kappa shape index (κ1) is 28.0. The summed E-state index contributed by atoms with van der Waals surface area (Å²) in [5, 5.41) is 4.26. The zero-order valence-electron chi connectivity index (χ0n) is 21.4. The summed E-state index contributed by atoms with van der Waals surface area (Å²) in [5.74, 6) is 0.220. The Kier molecular flexibility index (Phi) is 8.01. The van der Waals surface area contributed by atoms with Crippen molar-refractivity contribution in [2.75, 3.05) is 13.2 Å². The van der Waals surface area contributed by atoms with E-state index in [1.165, 1.54) is 17.4 Å². The smallest absolute Gasteiger partial charge is 0.381 e. The summed E-state index contributed by atoms with van der Waals surface area (Å²) in [4.78, 5) is 18.4. The molecule has 1 aromatic heterocycles. The number of nitrogens with one attached hydrogen (secondary N) is 2. The Hall–Kier alpha value is -2.54. The van der Waals surface area contributed by atoms with Crippen LogP contribution < -0.4 is 10.0 Å². The topological polar surface area (TPSA) is 97.4 Å². The number of nitrogens with zero attached hydrogens (tertiary/aromatic N) is 1. The van der Waals surface area contributed by atoms with Crippen molar-refractivity contribution in [2.45, 2.75) is 68.6 Å². The fourth-order valence-electron chi connectivity index (χ4n) is 4.92. The number of hydrogen-bond donors (Lipinski definition) is 2. The molecule has 1 aliphatic carbocycles. The molecule has 2 aliphatic rings. The number of sulfonamides is 1. The number of amides is 1. The number of aromatic nitrogens is 1. The minimum Gasteiger partial charge on any atom is -0.381 e. The highest BCUT2D eigenvalue weighted by Crippen LogP contribution is 2.40. The minimum atomic E-state index is -4.72. The van der Waals surface area contributed by atoms with Gasteiger partial charge in [-0.1, -0.05) is 49.6 Å². The van der Waals surface area contributed by atoms with Gasteiger partial charge in [0.1, 0.15) is 6.04 Å². The van der Waals surface area contributed by atoms with Gasteiger partial charge >= 0.3 is 6.18 Å². The highest BCUT2D eigenvalue weighted by molar-refractivity contribution is 7.89. The fourth-order valence-corrected chi connectivity index (χ4v) is 7.40. The number of thiazole rings is 1. The number of hydrogen-bond acceptors (Lipinski definition) is 6. The zero-order chi connectivity index (χ0) is 27.8. The molecular formula is C27H30F3N3O4S2. The van der Waals surface area contributed by atoms with Gasteiger partial charge in [-0.05, 0) is 43.6 Å². The molecule has 5 rings (SSSR count). The highest BCUT2D eigenvalue weighted by Gasteiger charge is 2.39. The second-order valence-corrected chi connectivity index (χ2v) is 12.9. The van der Waals surface area contributed by atoms with Crippen LogP contribution in [0.15, 0.2) is 41.3 Å². The predicted molar refractivity (Wildman–Crippen MR) is 143 cm³/mol. The third-order valence-electron chi connectivity index (χ3n) is 7.40. The number of rotatable bonds is 8. The van der Waals surface area contributed by atoms with Crippen molar-refractivity contribution in [3.63, 3.8) is 0 Å². The molecule has 2 aromatic carbocycles. The minimum absolute atomic E-state index is 0.0191. The highest BCUT2D eigenvalue weighted by atomic mass is 32.2. The van der Waals surface area contributed by atoms with Crippen molar-refractivity contribution in [3.8, 4) is 10.4 Å². The SMILES string of the molecule is C[C@H](NS(=O)(=O)c1ccc(-c2sc(C(=O)NC3CCOCC3)nc2CC2CCC2)c2ccccc12)C(F)(F)F. The standard InChI is InChI=1S/C27H30F3N3O4S2/c1-16(27(28,29)30)33-39(35,36)23-10-9-21(19-7-2-3-8-20(19)23)24-22(15-17-5-4-6-17)32-26(38-24)25(34)31-18-11-13-37-14-12-18/h2-3,7-10,16-18,33H,4-6,11-15H2,1H3,(H,31,34)/t16-/m0/s1. The van der Waals surface area contributed by atoms with Crippen LogP contribution in [-0.2, 0) is 21.2 Å². The van der Waals surface area contributed by atoms with Crippen molar-refractivity contribution in [2.24, 2.45) is 5.92 Å². The maximum atomic E-state index is 13.1.